The highest BCUT2D eigenvalue weighted by Crippen LogP contribution is 2.37. The third-order valence-electron chi connectivity index (χ3n) is 3.34. The predicted molar refractivity (Wildman–Crippen MR) is 76.0 cm³/mol. The smallest absolute Gasteiger partial charge is 0.0214 e. The predicted octanol–water partition coefficient (Wildman–Crippen LogP) is 3.70. The van der Waals surface area contributed by atoms with E-state index in [1.807, 2.05) is 6.92 Å². The van der Waals surface area contributed by atoms with Crippen molar-refractivity contribution < 1.29 is 0 Å². The van der Waals surface area contributed by atoms with E-state index < -0.39 is 0 Å². The second-order valence-electron chi connectivity index (χ2n) is 4.55. The van der Waals surface area contributed by atoms with E-state index in [2.05, 4.69) is 57.4 Å². The van der Waals surface area contributed by atoms with Crippen LogP contribution in [0.5, 0.6) is 0 Å². The summed E-state index contributed by atoms with van der Waals surface area (Å²) in [6.07, 6.45) is 3.50. The molecule has 2 rings (SSSR count). The normalized spacial score (nSPS) is 22.5. The third kappa shape index (κ3) is 3.59. The second-order valence-corrected chi connectivity index (χ2v) is 5.46. The van der Waals surface area contributed by atoms with Gasteiger partial charge in [0.2, 0.25) is 0 Å². The summed E-state index contributed by atoms with van der Waals surface area (Å²) in [5, 5.41) is 3.55. The van der Waals surface area contributed by atoms with Crippen molar-refractivity contribution in [1.82, 2.24) is 5.32 Å². The summed E-state index contributed by atoms with van der Waals surface area (Å²) in [7, 11) is 0. The Morgan fingerprint density at radius 2 is 2.00 bits per heavy atom. The standard InChI is InChI=1S/C15H18BrN/c1-2-3-4-9-17-15-10-13(11-15)12-5-7-14(16)8-6-12/h5-8,13,15,17H,4,9-11H2,1H3. The van der Waals surface area contributed by atoms with Crippen LogP contribution in [0, 0.1) is 11.8 Å². The van der Waals surface area contributed by atoms with Crippen LogP contribution in [0.1, 0.15) is 37.7 Å². The topological polar surface area (TPSA) is 12.0 Å². The van der Waals surface area contributed by atoms with E-state index in [0.717, 1.165) is 23.4 Å². The van der Waals surface area contributed by atoms with Crippen LogP contribution >= 0.6 is 15.9 Å². The number of rotatable bonds is 4. The van der Waals surface area contributed by atoms with Crippen LogP contribution in [-0.2, 0) is 0 Å². The molecule has 0 spiro atoms. The van der Waals surface area contributed by atoms with Crippen molar-refractivity contribution >= 4 is 15.9 Å². The van der Waals surface area contributed by atoms with E-state index in [9.17, 15) is 0 Å². The minimum atomic E-state index is 0.697. The first-order valence-corrected chi connectivity index (χ1v) is 6.97. The van der Waals surface area contributed by atoms with Crippen molar-refractivity contribution in [1.29, 1.82) is 0 Å². The summed E-state index contributed by atoms with van der Waals surface area (Å²) in [5.41, 5.74) is 1.47. The average Bonchev–Trinajstić information content (AvgIpc) is 2.28. The van der Waals surface area contributed by atoms with Crippen LogP contribution in [0.2, 0.25) is 0 Å². The highest BCUT2D eigenvalue weighted by Gasteiger charge is 2.29. The summed E-state index contributed by atoms with van der Waals surface area (Å²) in [6.45, 7) is 2.92. The van der Waals surface area contributed by atoms with Crippen LogP contribution in [0.25, 0.3) is 0 Å². The monoisotopic (exact) mass is 291 g/mol. The maximum absolute atomic E-state index is 3.55. The Balaban J connectivity index is 1.71. The van der Waals surface area contributed by atoms with E-state index in [-0.39, 0.29) is 0 Å². The zero-order chi connectivity index (χ0) is 12.1. The van der Waals surface area contributed by atoms with E-state index >= 15 is 0 Å². The van der Waals surface area contributed by atoms with E-state index in [4.69, 9.17) is 0 Å². The molecule has 0 heterocycles. The summed E-state index contributed by atoms with van der Waals surface area (Å²) in [5.74, 6) is 6.75. The van der Waals surface area contributed by atoms with Gasteiger partial charge in [-0.2, -0.15) is 0 Å². The molecule has 0 amide bonds. The number of benzene rings is 1. The Kier molecular flexibility index (Phi) is 4.65. The van der Waals surface area contributed by atoms with Crippen LogP contribution in [-0.4, -0.2) is 12.6 Å². The largest absolute Gasteiger partial charge is 0.313 e. The molecular weight excluding hydrogens is 274 g/mol. The van der Waals surface area contributed by atoms with Gasteiger partial charge in [0, 0.05) is 23.5 Å². The maximum Gasteiger partial charge on any atom is 0.0214 e. The number of halogens is 1. The minimum absolute atomic E-state index is 0.697. The fraction of sp³-hybridized carbons (Fsp3) is 0.467. The van der Waals surface area contributed by atoms with Gasteiger partial charge in [0.1, 0.15) is 0 Å². The summed E-state index contributed by atoms with van der Waals surface area (Å²) in [6, 6.07) is 9.42. The van der Waals surface area contributed by atoms with Gasteiger partial charge in [-0.05, 0) is 43.4 Å². The van der Waals surface area contributed by atoms with Gasteiger partial charge < -0.3 is 5.32 Å². The van der Waals surface area contributed by atoms with Gasteiger partial charge >= 0.3 is 0 Å². The van der Waals surface area contributed by atoms with Gasteiger partial charge in [0.25, 0.3) is 0 Å². The lowest BCUT2D eigenvalue weighted by molar-refractivity contribution is 0.293. The average molecular weight is 292 g/mol. The molecule has 0 unspecified atom stereocenters. The molecule has 17 heavy (non-hydrogen) atoms. The van der Waals surface area contributed by atoms with Crippen molar-refractivity contribution in [3.05, 3.63) is 34.3 Å². The second kappa shape index (κ2) is 6.23. The van der Waals surface area contributed by atoms with Gasteiger partial charge in [-0.15, -0.1) is 11.8 Å². The molecule has 1 N–H and O–H groups in total. The van der Waals surface area contributed by atoms with Gasteiger partial charge in [0.05, 0.1) is 0 Å². The molecule has 0 aromatic heterocycles. The Morgan fingerprint density at radius 1 is 1.29 bits per heavy atom. The van der Waals surface area contributed by atoms with Crippen molar-refractivity contribution in [3.63, 3.8) is 0 Å². The molecule has 1 aromatic carbocycles. The van der Waals surface area contributed by atoms with Gasteiger partial charge in [-0.25, -0.2) is 0 Å². The molecule has 1 nitrogen and oxygen atoms in total. The molecule has 1 aliphatic rings. The van der Waals surface area contributed by atoms with Crippen molar-refractivity contribution in [2.24, 2.45) is 0 Å². The van der Waals surface area contributed by atoms with Gasteiger partial charge in [-0.3, -0.25) is 0 Å². The van der Waals surface area contributed by atoms with E-state index in [0.29, 0.717) is 6.04 Å². The van der Waals surface area contributed by atoms with Crippen LogP contribution < -0.4 is 5.32 Å². The fourth-order valence-corrected chi connectivity index (χ4v) is 2.52. The molecule has 0 aliphatic heterocycles. The van der Waals surface area contributed by atoms with E-state index in [1.54, 1.807) is 0 Å². The number of hydrogen-bond donors (Lipinski definition) is 1. The minimum Gasteiger partial charge on any atom is -0.313 e. The number of hydrogen-bond acceptors (Lipinski definition) is 1. The first kappa shape index (κ1) is 12.7. The first-order chi connectivity index (χ1) is 8.29. The van der Waals surface area contributed by atoms with Gasteiger partial charge in [0.15, 0.2) is 0 Å². The molecule has 1 aliphatic carbocycles. The third-order valence-corrected chi connectivity index (χ3v) is 3.87. The zero-order valence-corrected chi connectivity index (χ0v) is 11.8. The molecule has 1 fully saturated rings. The lowest BCUT2D eigenvalue weighted by atomic mass is 9.76. The zero-order valence-electron chi connectivity index (χ0n) is 10.2. The molecule has 0 saturated heterocycles. The number of nitrogens with one attached hydrogen (secondary N) is 1. The summed E-state index contributed by atoms with van der Waals surface area (Å²) < 4.78 is 1.16. The fourth-order valence-electron chi connectivity index (χ4n) is 2.26. The van der Waals surface area contributed by atoms with Gasteiger partial charge in [-0.1, -0.05) is 28.1 Å². The summed E-state index contributed by atoms with van der Waals surface area (Å²) >= 11 is 3.47. The van der Waals surface area contributed by atoms with Crippen molar-refractivity contribution in [2.75, 3.05) is 6.54 Å². The molecule has 0 atom stereocenters. The maximum atomic E-state index is 3.55. The lowest BCUT2D eigenvalue weighted by Crippen LogP contribution is -2.40. The molecule has 1 saturated carbocycles. The Labute approximate surface area is 112 Å². The first-order valence-electron chi connectivity index (χ1n) is 6.18. The quantitative estimate of drug-likeness (QED) is 0.659. The molecule has 0 radical (unpaired) electrons. The molecule has 2 heteroatoms. The van der Waals surface area contributed by atoms with Crippen molar-refractivity contribution in [3.8, 4) is 11.8 Å². The van der Waals surface area contributed by atoms with Crippen molar-refractivity contribution in [2.45, 2.75) is 38.1 Å². The SMILES string of the molecule is CC#CCCNC1CC(c2ccc(Br)cc2)C1. The molecule has 0 bridgehead atoms. The van der Waals surface area contributed by atoms with Crippen LogP contribution in [0.15, 0.2) is 28.7 Å². The van der Waals surface area contributed by atoms with E-state index in [1.165, 1.54) is 18.4 Å². The molecule has 1 aromatic rings. The lowest BCUT2D eigenvalue weighted by Gasteiger charge is -2.36. The highest BCUT2D eigenvalue weighted by atomic mass is 79.9. The highest BCUT2D eigenvalue weighted by molar-refractivity contribution is 9.10. The molecule has 90 valence electrons. The Bertz CT molecular complexity index is 407. The summed E-state index contributed by atoms with van der Waals surface area (Å²) in [4.78, 5) is 0. The van der Waals surface area contributed by atoms with Crippen LogP contribution in [0.4, 0.5) is 0 Å². The Morgan fingerprint density at radius 3 is 2.65 bits per heavy atom. The van der Waals surface area contributed by atoms with Crippen LogP contribution in [0.3, 0.4) is 0 Å². The molecular formula is C15H18BrN. The Hall–Kier alpha value is -0.780.